The van der Waals surface area contributed by atoms with Gasteiger partial charge in [0.15, 0.2) is 0 Å². The van der Waals surface area contributed by atoms with Crippen LogP contribution in [0.5, 0.6) is 0 Å². The summed E-state index contributed by atoms with van der Waals surface area (Å²) in [5.74, 6) is 0. The lowest BCUT2D eigenvalue weighted by Gasteiger charge is -2.39. The Morgan fingerprint density at radius 2 is 2.00 bits per heavy atom. The number of piperidine rings is 1. The summed E-state index contributed by atoms with van der Waals surface area (Å²) in [7, 11) is 0. The SMILES string of the molecule is CC1(N)CCCN(c2ccc(Br)cc2)C1. The van der Waals surface area contributed by atoms with Gasteiger partial charge in [0.25, 0.3) is 0 Å². The highest BCUT2D eigenvalue weighted by molar-refractivity contribution is 9.10. The summed E-state index contributed by atoms with van der Waals surface area (Å²) in [5, 5.41) is 0. The van der Waals surface area contributed by atoms with Crippen LogP contribution in [0.1, 0.15) is 19.8 Å². The Balaban J connectivity index is 2.13. The molecule has 0 amide bonds. The highest BCUT2D eigenvalue weighted by Gasteiger charge is 2.26. The number of rotatable bonds is 1. The van der Waals surface area contributed by atoms with Crippen LogP contribution in [-0.2, 0) is 0 Å². The molecular weight excluding hydrogens is 252 g/mol. The predicted octanol–water partition coefficient (Wildman–Crippen LogP) is 2.77. The molecule has 2 N–H and O–H groups in total. The standard InChI is InChI=1S/C12H17BrN2/c1-12(14)7-2-8-15(9-12)11-5-3-10(13)4-6-11/h3-6H,2,7-9,14H2,1H3. The molecule has 2 nitrogen and oxygen atoms in total. The van der Waals surface area contributed by atoms with Crippen LogP contribution in [0.15, 0.2) is 28.7 Å². The number of anilines is 1. The summed E-state index contributed by atoms with van der Waals surface area (Å²) >= 11 is 3.45. The molecule has 1 saturated heterocycles. The molecule has 1 atom stereocenters. The van der Waals surface area contributed by atoms with E-state index in [2.05, 4.69) is 52.0 Å². The fourth-order valence-electron chi connectivity index (χ4n) is 2.14. The van der Waals surface area contributed by atoms with Crippen molar-refractivity contribution in [2.45, 2.75) is 25.3 Å². The average molecular weight is 269 g/mol. The topological polar surface area (TPSA) is 29.3 Å². The van der Waals surface area contributed by atoms with Crippen molar-refractivity contribution < 1.29 is 0 Å². The third-order valence-electron chi connectivity index (χ3n) is 2.92. The van der Waals surface area contributed by atoms with E-state index in [0.717, 1.165) is 24.0 Å². The molecule has 82 valence electrons. The minimum Gasteiger partial charge on any atom is -0.370 e. The molecule has 0 aliphatic carbocycles. The van der Waals surface area contributed by atoms with Gasteiger partial charge in [0.05, 0.1) is 0 Å². The van der Waals surface area contributed by atoms with Crippen molar-refractivity contribution in [2.24, 2.45) is 5.73 Å². The maximum atomic E-state index is 6.18. The van der Waals surface area contributed by atoms with Crippen molar-refractivity contribution in [3.8, 4) is 0 Å². The van der Waals surface area contributed by atoms with Gasteiger partial charge in [-0.05, 0) is 44.0 Å². The van der Waals surface area contributed by atoms with Crippen LogP contribution in [0.4, 0.5) is 5.69 Å². The van der Waals surface area contributed by atoms with E-state index in [1.165, 1.54) is 12.1 Å². The van der Waals surface area contributed by atoms with Gasteiger partial charge in [0.2, 0.25) is 0 Å². The molecule has 1 aliphatic heterocycles. The van der Waals surface area contributed by atoms with Gasteiger partial charge in [-0.25, -0.2) is 0 Å². The summed E-state index contributed by atoms with van der Waals surface area (Å²) in [6.45, 7) is 4.21. The molecule has 0 radical (unpaired) electrons. The molecule has 1 fully saturated rings. The zero-order valence-electron chi connectivity index (χ0n) is 9.04. The third kappa shape index (κ3) is 2.73. The van der Waals surface area contributed by atoms with Crippen molar-refractivity contribution in [1.82, 2.24) is 0 Å². The molecule has 3 heteroatoms. The van der Waals surface area contributed by atoms with Gasteiger partial charge in [-0.15, -0.1) is 0 Å². The minimum absolute atomic E-state index is 0.0364. The normalized spacial score (nSPS) is 26.7. The lowest BCUT2D eigenvalue weighted by molar-refractivity contribution is 0.375. The van der Waals surface area contributed by atoms with Crippen LogP contribution in [0, 0.1) is 0 Å². The van der Waals surface area contributed by atoms with Crippen LogP contribution < -0.4 is 10.6 Å². The molecule has 0 saturated carbocycles. The number of hydrogen-bond acceptors (Lipinski definition) is 2. The zero-order chi connectivity index (χ0) is 10.9. The summed E-state index contributed by atoms with van der Waals surface area (Å²) in [6.07, 6.45) is 2.31. The number of nitrogens with two attached hydrogens (primary N) is 1. The Bertz CT molecular complexity index is 332. The first-order chi connectivity index (χ1) is 7.07. The van der Waals surface area contributed by atoms with Crippen molar-refractivity contribution in [3.05, 3.63) is 28.7 Å². The summed E-state index contributed by atoms with van der Waals surface area (Å²) in [6, 6.07) is 8.45. The molecule has 0 aromatic heterocycles. The van der Waals surface area contributed by atoms with Crippen LogP contribution in [0.2, 0.25) is 0 Å². The molecule has 1 heterocycles. The Labute approximate surface area is 99.6 Å². The number of nitrogens with zero attached hydrogens (tertiary/aromatic N) is 1. The van der Waals surface area contributed by atoms with Crippen molar-refractivity contribution in [1.29, 1.82) is 0 Å². The van der Waals surface area contributed by atoms with Crippen LogP contribution in [-0.4, -0.2) is 18.6 Å². The first-order valence-corrected chi connectivity index (χ1v) is 6.16. The van der Waals surface area contributed by atoms with E-state index in [1.54, 1.807) is 0 Å². The van der Waals surface area contributed by atoms with E-state index >= 15 is 0 Å². The second-order valence-corrected chi connectivity index (χ2v) is 5.57. The Morgan fingerprint density at radius 3 is 2.60 bits per heavy atom. The van der Waals surface area contributed by atoms with Gasteiger partial charge >= 0.3 is 0 Å². The van der Waals surface area contributed by atoms with Crippen LogP contribution in [0.3, 0.4) is 0 Å². The second-order valence-electron chi connectivity index (χ2n) is 4.66. The van der Waals surface area contributed by atoms with E-state index in [-0.39, 0.29) is 5.54 Å². The third-order valence-corrected chi connectivity index (χ3v) is 3.45. The highest BCUT2D eigenvalue weighted by atomic mass is 79.9. The smallest absolute Gasteiger partial charge is 0.0367 e. The van der Waals surface area contributed by atoms with Gasteiger partial charge < -0.3 is 10.6 Å². The first-order valence-electron chi connectivity index (χ1n) is 5.36. The number of hydrogen-bond donors (Lipinski definition) is 1. The summed E-state index contributed by atoms with van der Waals surface area (Å²) in [4.78, 5) is 2.37. The predicted molar refractivity (Wildman–Crippen MR) is 68.2 cm³/mol. The van der Waals surface area contributed by atoms with E-state index in [0.29, 0.717) is 0 Å². The molecular formula is C12H17BrN2. The van der Waals surface area contributed by atoms with Gasteiger partial charge in [-0.3, -0.25) is 0 Å². The molecule has 0 bridgehead atoms. The van der Waals surface area contributed by atoms with E-state index in [4.69, 9.17) is 5.73 Å². The summed E-state index contributed by atoms with van der Waals surface area (Å²) < 4.78 is 1.12. The fourth-order valence-corrected chi connectivity index (χ4v) is 2.40. The Morgan fingerprint density at radius 1 is 1.33 bits per heavy atom. The highest BCUT2D eigenvalue weighted by Crippen LogP contribution is 2.25. The van der Waals surface area contributed by atoms with Crippen molar-refractivity contribution in [3.63, 3.8) is 0 Å². The monoisotopic (exact) mass is 268 g/mol. The molecule has 1 aliphatic rings. The van der Waals surface area contributed by atoms with E-state index < -0.39 is 0 Å². The molecule has 1 aromatic rings. The molecule has 2 rings (SSSR count). The maximum absolute atomic E-state index is 6.18. The van der Waals surface area contributed by atoms with Gasteiger partial charge in [-0.2, -0.15) is 0 Å². The molecule has 15 heavy (non-hydrogen) atoms. The molecule has 0 spiro atoms. The molecule has 1 unspecified atom stereocenters. The van der Waals surface area contributed by atoms with Crippen LogP contribution >= 0.6 is 15.9 Å². The van der Waals surface area contributed by atoms with E-state index in [9.17, 15) is 0 Å². The van der Waals surface area contributed by atoms with E-state index in [1.807, 2.05) is 0 Å². The van der Waals surface area contributed by atoms with Crippen LogP contribution in [0.25, 0.3) is 0 Å². The Kier molecular flexibility index (Phi) is 3.03. The number of halogens is 1. The van der Waals surface area contributed by atoms with Gasteiger partial charge in [0.1, 0.15) is 0 Å². The lowest BCUT2D eigenvalue weighted by atomic mass is 9.92. The van der Waals surface area contributed by atoms with Gasteiger partial charge in [-0.1, -0.05) is 15.9 Å². The zero-order valence-corrected chi connectivity index (χ0v) is 10.6. The van der Waals surface area contributed by atoms with Crippen molar-refractivity contribution in [2.75, 3.05) is 18.0 Å². The fraction of sp³-hybridized carbons (Fsp3) is 0.500. The summed E-state index contributed by atoms with van der Waals surface area (Å²) in [5.41, 5.74) is 7.42. The Hall–Kier alpha value is -0.540. The molecule has 1 aromatic carbocycles. The quantitative estimate of drug-likeness (QED) is 0.849. The first kappa shape index (κ1) is 11.0. The number of benzene rings is 1. The maximum Gasteiger partial charge on any atom is 0.0367 e. The largest absolute Gasteiger partial charge is 0.370 e. The van der Waals surface area contributed by atoms with Crippen molar-refractivity contribution >= 4 is 21.6 Å². The lowest BCUT2D eigenvalue weighted by Crippen LogP contribution is -2.52. The van der Waals surface area contributed by atoms with Gasteiger partial charge in [0, 0.05) is 28.8 Å². The second kappa shape index (κ2) is 4.14. The average Bonchev–Trinajstić information content (AvgIpc) is 2.17. The minimum atomic E-state index is -0.0364.